The van der Waals surface area contributed by atoms with E-state index >= 15 is 0 Å². The van der Waals surface area contributed by atoms with E-state index in [0.717, 1.165) is 5.69 Å². The van der Waals surface area contributed by atoms with E-state index in [-0.39, 0.29) is 5.48 Å². The minimum atomic E-state index is 0. The zero-order valence-corrected chi connectivity index (χ0v) is 7.37. The van der Waals surface area contributed by atoms with Crippen molar-refractivity contribution in [3.63, 3.8) is 0 Å². The monoisotopic (exact) mass is 173 g/mol. The van der Waals surface area contributed by atoms with Gasteiger partial charge in [-0.2, -0.15) is 0 Å². The summed E-state index contributed by atoms with van der Waals surface area (Å²) in [6.45, 7) is 4.09. The molecule has 0 fully saturated rings. The molecule has 62 valence electrons. The summed E-state index contributed by atoms with van der Waals surface area (Å²) < 4.78 is 0. The van der Waals surface area contributed by atoms with Crippen LogP contribution in [0.4, 0.5) is 5.69 Å². The Morgan fingerprint density at radius 3 is 1.91 bits per heavy atom. The first-order valence-electron chi connectivity index (χ1n) is 3.17. The van der Waals surface area contributed by atoms with Gasteiger partial charge >= 0.3 is 0 Å². The lowest BCUT2D eigenvalue weighted by molar-refractivity contribution is 0.824. The number of hydrogen-bond donors (Lipinski definition) is 1. The molecular formula is C8H12ClNO. The van der Waals surface area contributed by atoms with Gasteiger partial charge in [-0.3, -0.25) is 4.84 Å². The molecule has 0 unspecified atom stereocenters. The molecule has 0 aliphatic heterocycles. The predicted octanol–water partition coefficient (Wildman–Crippen LogP) is 2.04. The van der Waals surface area contributed by atoms with Crippen molar-refractivity contribution in [3.05, 3.63) is 29.3 Å². The van der Waals surface area contributed by atoms with E-state index in [0.29, 0.717) is 0 Å². The molecule has 0 aromatic heterocycles. The number of nitrogens with one attached hydrogen (secondary N) is 1. The molecule has 0 aliphatic rings. The lowest BCUT2D eigenvalue weighted by Crippen LogP contribution is -1.83. The Bertz CT molecular complexity index is 217. The molecule has 0 atom stereocenters. The quantitative estimate of drug-likeness (QED) is 0.649. The molecule has 3 N–H and O–H groups in total. The van der Waals surface area contributed by atoms with Crippen molar-refractivity contribution in [2.75, 3.05) is 4.84 Å². The van der Waals surface area contributed by atoms with E-state index < -0.39 is 0 Å². The third-order valence-electron chi connectivity index (χ3n) is 1.33. The number of aryl methyl sites for hydroxylation is 2. The van der Waals surface area contributed by atoms with Crippen LogP contribution in [0, 0.1) is 13.8 Å². The first kappa shape index (κ1) is 10.3. The second-order valence-electron chi connectivity index (χ2n) is 2.47. The Morgan fingerprint density at radius 2 is 1.55 bits per heavy atom. The van der Waals surface area contributed by atoms with Crippen LogP contribution in [0.2, 0.25) is 0 Å². The number of anilines is 1. The first-order valence-corrected chi connectivity index (χ1v) is 3.55. The van der Waals surface area contributed by atoms with Crippen molar-refractivity contribution in [1.29, 1.82) is 0 Å². The molecule has 11 heavy (non-hydrogen) atoms. The number of benzene rings is 1. The van der Waals surface area contributed by atoms with Crippen LogP contribution in [0.25, 0.3) is 0 Å². The highest BCUT2D eigenvalue weighted by Gasteiger charge is 1.91. The molecule has 0 bridgehead atoms. The molecule has 1 aromatic carbocycles. The minimum Gasteiger partial charge on any atom is -0.412 e. The highest BCUT2D eigenvalue weighted by molar-refractivity contribution is 6.23. The van der Waals surface area contributed by atoms with Crippen molar-refractivity contribution in [3.8, 4) is 0 Å². The number of hydrogen-bond acceptors (Lipinski definition) is 1. The largest absolute Gasteiger partial charge is 0.412 e. The van der Waals surface area contributed by atoms with E-state index in [1.54, 1.807) is 0 Å². The Balaban J connectivity index is 0.000001000. The van der Waals surface area contributed by atoms with Crippen LogP contribution in [0.1, 0.15) is 11.1 Å². The van der Waals surface area contributed by atoms with Gasteiger partial charge in [0.25, 0.3) is 0 Å². The molecule has 1 rings (SSSR count). The van der Waals surface area contributed by atoms with Gasteiger partial charge in [0.1, 0.15) is 0 Å². The van der Waals surface area contributed by atoms with Crippen molar-refractivity contribution >= 4 is 17.5 Å². The standard InChI is InChI=1S/C8H10ClN.H2O/c1-6-3-7(2)5-8(4-6)10-9;/h3-5,10H,1-2H3;1H2. The maximum atomic E-state index is 5.42. The smallest absolute Gasteiger partial charge is 0.0496 e. The van der Waals surface area contributed by atoms with Crippen molar-refractivity contribution in [1.82, 2.24) is 0 Å². The molecule has 0 spiro atoms. The third-order valence-corrected chi connectivity index (χ3v) is 1.55. The topological polar surface area (TPSA) is 43.5 Å². The van der Waals surface area contributed by atoms with Crippen LogP contribution in [-0.2, 0) is 0 Å². The van der Waals surface area contributed by atoms with Gasteiger partial charge in [0.05, 0.1) is 0 Å². The molecule has 0 saturated heterocycles. The molecule has 3 heteroatoms. The summed E-state index contributed by atoms with van der Waals surface area (Å²) in [5, 5.41) is 0. The Labute approximate surface area is 71.6 Å². The van der Waals surface area contributed by atoms with E-state index in [4.69, 9.17) is 11.8 Å². The van der Waals surface area contributed by atoms with E-state index in [9.17, 15) is 0 Å². The second kappa shape index (κ2) is 4.21. The van der Waals surface area contributed by atoms with E-state index in [1.807, 2.05) is 26.0 Å². The van der Waals surface area contributed by atoms with Gasteiger partial charge in [0.15, 0.2) is 0 Å². The highest BCUT2D eigenvalue weighted by Crippen LogP contribution is 2.13. The van der Waals surface area contributed by atoms with Gasteiger partial charge in [-0.25, -0.2) is 0 Å². The Hall–Kier alpha value is -0.730. The van der Waals surface area contributed by atoms with Gasteiger partial charge in [-0.1, -0.05) is 6.07 Å². The van der Waals surface area contributed by atoms with Crippen molar-refractivity contribution < 1.29 is 5.48 Å². The van der Waals surface area contributed by atoms with E-state index in [2.05, 4.69) is 10.9 Å². The van der Waals surface area contributed by atoms with E-state index in [1.165, 1.54) is 11.1 Å². The molecule has 0 amide bonds. The first-order chi connectivity index (χ1) is 4.72. The van der Waals surface area contributed by atoms with Gasteiger partial charge in [-0.05, 0) is 37.1 Å². The maximum Gasteiger partial charge on any atom is 0.0496 e. The van der Waals surface area contributed by atoms with Crippen LogP contribution in [0.5, 0.6) is 0 Å². The Kier molecular flexibility index (Phi) is 3.93. The van der Waals surface area contributed by atoms with Crippen LogP contribution in [0.3, 0.4) is 0 Å². The summed E-state index contributed by atoms with van der Waals surface area (Å²) in [5.41, 5.74) is 3.41. The van der Waals surface area contributed by atoms with Crippen LogP contribution in [0.15, 0.2) is 18.2 Å². The van der Waals surface area contributed by atoms with Crippen molar-refractivity contribution in [2.24, 2.45) is 0 Å². The molecule has 0 saturated carbocycles. The third kappa shape index (κ3) is 2.78. The average Bonchev–Trinajstić information content (AvgIpc) is 1.85. The summed E-state index contributed by atoms with van der Waals surface area (Å²) in [6.07, 6.45) is 0. The average molecular weight is 174 g/mol. The Morgan fingerprint density at radius 1 is 1.09 bits per heavy atom. The van der Waals surface area contributed by atoms with Crippen LogP contribution >= 0.6 is 11.8 Å². The lowest BCUT2D eigenvalue weighted by atomic mass is 10.1. The number of halogens is 1. The van der Waals surface area contributed by atoms with Gasteiger partial charge in [-0.15, -0.1) is 0 Å². The maximum absolute atomic E-state index is 5.42. The second-order valence-corrected chi connectivity index (χ2v) is 2.66. The number of rotatable bonds is 1. The minimum absolute atomic E-state index is 0. The fourth-order valence-electron chi connectivity index (χ4n) is 1.03. The molecule has 0 radical (unpaired) electrons. The van der Waals surface area contributed by atoms with Crippen LogP contribution in [-0.4, -0.2) is 5.48 Å². The van der Waals surface area contributed by atoms with Crippen molar-refractivity contribution in [2.45, 2.75) is 13.8 Å². The molecule has 0 aliphatic carbocycles. The normalized spacial score (nSPS) is 8.64. The fraction of sp³-hybridized carbons (Fsp3) is 0.250. The van der Waals surface area contributed by atoms with Gasteiger partial charge in [0.2, 0.25) is 0 Å². The predicted molar refractivity (Wildman–Crippen MR) is 49.0 cm³/mol. The SMILES string of the molecule is Cc1cc(C)cc(NCl)c1.O. The molecule has 2 nitrogen and oxygen atoms in total. The highest BCUT2D eigenvalue weighted by atomic mass is 35.5. The zero-order valence-electron chi connectivity index (χ0n) is 6.61. The molecule has 1 aromatic rings. The summed E-state index contributed by atoms with van der Waals surface area (Å²) in [7, 11) is 0. The zero-order chi connectivity index (χ0) is 7.56. The summed E-state index contributed by atoms with van der Waals surface area (Å²) in [6, 6.07) is 6.11. The van der Waals surface area contributed by atoms with Crippen LogP contribution < -0.4 is 4.84 Å². The summed E-state index contributed by atoms with van der Waals surface area (Å²) in [4.78, 5) is 2.58. The molecular weight excluding hydrogens is 162 g/mol. The summed E-state index contributed by atoms with van der Waals surface area (Å²) >= 11 is 5.42. The van der Waals surface area contributed by atoms with Gasteiger partial charge < -0.3 is 5.48 Å². The fourth-order valence-corrected chi connectivity index (χ4v) is 1.14. The molecule has 0 heterocycles. The lowest BCUT2D eigenvalue weighted by Gasteiger charge is -2.00. The summed E-state index contributed by atoms with van der Waals surface area (Å²) in [5.74, 6) is 0. The van der Waals surface area contributed by atoms with Gasteiger partial charge in [0, 0.05) is 17.5 Å².